The minimum atomic E-state index is -1.54. The van der Waals surface area contributed by atoms with Gasteiger partial charge in [-0.05, 0) is 13.8 Å². The van der Waals surface area contributed by atoms with Crippen LogP contribution >= 0.6 is 0 Å². The van der Waals surface area contributed by atoms with Crippen molar-refractivity contribution in [1.29, 1.82) is 0 Å². The maximum absolute atomic E-state index is 11.9. The molecule has 1 atom stereocenters. The van der Waals surface area contributed by atoms with Gasteiger partial charge in [-0.1, -0.05) is 6.08 Å². The van der Waals surface area contributed by atoms with E-state index in [-0.39, 0.29) is 0 Å². The summed E-state index contributed by atoms with van der Waals surface area (Å²) in [6.45, 7) is 2.81. The molecule has 0 fully saturated rings. The van der Waals surface area contributed by atoms with Gasteiger partial charge < -0.3 is 4.74 Å². The molecule has 0 aliphatic carbocycles. The largest absolute Gasteiger partial charge is 0.433 e. The molecule has 0 aliphatic heterocycles. The van der Waals surface area contributed by atoms with Crippen molar-refractivity contribution < 1.29 is 13.9 Å². The number of carbonyl (C=O) groups excluding carboxylic acids is 1. The summed E-state index contributed by atoms with van der Waals surface area (Å²) in [7, 11) is 0. The van der Waals surface area contributed by atoms with Crippen LogP contribution in [0.1, 0.15) is 13.8 Å². The normalized spacial score (nSPS) is 13.7. The molecular weight excluding hydrogens is 123 g/mol. The van der Waals surface area contributed by atoms with E-state index < -0.39 is 12.1 Å². The summed E-state index contributed by atoms with van der Waals surface area (Å²) in [6.07, 6.45) is 1.12. The second-order valence-corrected chi connectivity index (χ2v) is 1.52. The van der Waals surface area contributed by atoms with E-state index in [4.69, 9.17) is 0 Å². The summed E-state index contributed by atoms with van der Waals surface area (Å²) in [4.78, 5) is 10.3. The van der Waals surface area contributed by atoms with Crippen LogP contribution in [0.15, 0.2) is 12.3 Å². The molecule has 0 N–H and O–H groups in total. The lowest BCUT2D eigenvalue weighted by molar-refractivity contribution is -0.143. The van der Waals surface area contributed by atoms with E-state index in [0.29, 0.717) is 0 Å². The Morgan fingerprint density at radius 1 is 1.78 bits per heavy atom. The van der Waals surface area contributed by atoms with Crippen molar-refractivity contribution in [3.8, 4) is 0 Å². The van der Waals surface area contributed by atoms with Crippen molar-refractivity contribution >= 4 is 5.97 Å². The highest BCUT2D eigenvalue weighted by atomic mass is 19.1. The van der Waals surface area contributed by atoms with Crippen LogP contribution in [0.5, 0.6) is 0 Å². The highest BCUT2D eigenvalue weighted by Crippen LogP contribution is 1.92. The third-order valence-corrected chi connectivity index (χ3v) is 0.645. The Labute approximate surface area is 53.3 Å². The van der Waals surface area contributed by atoms with Crippen molar-refractivity contribution in [2.24, 2.45) is 0 Å². The number of ether oxygens (including phenoxy) is 1. The Bertz CT molecular complexity index is 118. The lowest BCUT2D eigenvalue weighted by Gasteiger charge is -1.96. The van der Waals surface area contributed by atoms with E-state index in [1.807, 2.05) is 0 Å². The molecule has 0 aliphatic rings. The minimum absolute atomic E-state index is 0.854. The number of alkyl halides is 1. The van der Waals surface area contributed by atoms with Gasteiger partial charge in [0.2, 0.25) is 0 Å². The first kappa shape index (κ1) is 8.14. The minimum Gasteiger partial charge on any atom is -0.433 e. The molecule has 0 aromatic heterocycles. The molecule has 0 bridgehead atoms. The summed E-state index contributed by atoms with van der Waals surface area (Å²) in [6, 6.07) is 0. The SMILES string of the molecule is CC=COC(=O)C(C)F. The predicted molar refractivity (Wildman–Crippen MR) is 31.5 cm³/mol. The Balaban J connectivity index is 3.51. The van der Waals surface area contributed by atoms with E-state index in [1.54, 1.807) is 6.92 Å². The maximum atomic E-state index is 11.9. The molecule has 9 heavy (non-hydrogen) atoms. The van der Waals surface area contributed by atoms with Crippen LogP contribution in [0.2, 0.25) is 0 Å². The highest BCUT2D eigenvalue weighted by Gasteiger charge is 2.09. The molecule has 0 radical (unpaired) electrons. The second kappa shape index (κ2) is 4.06. The molecule has 0 saturated heterocycles. The quantitative estimate of drug-likeness (QED) is 0.419. The second-order valence-electron chi connectivity index (χ2n) is 1.52. The number of carbonyl (C=O) groups is 1. The van der Waals surface area contributed by atoms with Crippen molar-refractivity contribution in [2.45, 2.75) is 20.0 Å². The van der Waals surface area contributed by atoms with Crippen LogP contribution in [-0.2, 0) is 9.53 Å². The van der Waals surface area contributed by atoms with Gasteiger partial charge in [-0.15, -0.1) is 0 Å². The number of halogens is 1. The molecule has 0 amide bonds. The van der Waals surface area contributed by atoms with Gasteiger partial charge >= 0.3 is 5.97 Å². The van der Waals surface area contributed by atoms with Gasteiger partial charge in [-0.25, -0.2) is 9.18 Å². The van der Waals surface area contributed by atoms with Crippen LogP contribution in [-0.4, -0.2) is 12.1 Å². The van der Waals surface area contributed by atoms with Gasteiger partial charge in [-0.2, -0.15) is 0 Å². The molecule has 1 unspecified atom stereocenters. The predicted octanol–water partition coefficient (Wildman–Crippen LogP) is 1.42. The summed E-state index contributed by atoms with van der Waals surface area (Å²) in [5.41, 5.74) is 0. The topological polar surface area (TPSA) is 26.3 Å². The Kier molecular flexibility index (Phi) is 3.67. The van der Waals surface area contributed by atoms with E-state index in [0.717, 1.165) is 13.2 Å². The molecule has 0 heterocycles. The summed E-state index contributed by atoms with van der Waals surface area (Å²) >= 11 is 0. The van der Waals surface area contributed by atoms with Crippen molar-refractivity contribution in [3.05, 3.63) is 12.3 Å². The lowest BCUT2D eigenvalue weighted by atomic mass is 10.5. The molecule has 0 aromatic carbocycles. The third-order valence-electron chi connectivity index (χ3n) is 0.645. The van der Waals surface area contributed by atoms with Crippen molar-refractivity contribution in [2.75, 3.05) is 0 Å². The van der Waals surface area contributed by atoms with E-state index in [9.17, 15) is 9.18 Å². The van der Waals surface area contributed by atoms with Crippen LogP contribution in [0, 0.1) is 0 Å². The Hall–Kier alpha value is -0.860. The fraction of sp³-hybridized carbons (Fsp3) is 0.500. The lowest BCUT2D eigenvalue weighted by Crippen LogP contribution is -2.11. The number of esters is 1. The highest BCUT2D eigenvalue weighted by molar-refractivity contribution is 5.74. The maximum Gasteiger partial charge on any atom is 0.345 e. The van der Waals surface area contributed by atoms with Gasteiger partial charge in [0, 0.05) is 0 Å². The first-order valence-corrected chi connectivity index (χ1v) is 2.64. The van der Waals surface area contributed by atoms with Crippen LogP contribution in [0.3, 0.4) is 0 Å². The third kappa shape index (κ3) is 3.70. The van der Waals surface area contributed by atoms with E-state index >= 15 is 0 Å². The first-order chi connectivity index (χ1) is 4.18. The molecule has 52 valence electrons. The summed E-state index contributed by atoms with van der Waals surface area (Å²) in [5, 5.41) is 0. The molecule has 3 heteroatoms. The number of hydrogen-bond donors (Lipinski definition) is 0. The van der Waals surface area contributed by atoms with Crippen molar-refractivity contribution in [3.63, 3.8) is 0 Å². The van der Waals surface area contributed by atoms with Gasteiger partial charge in [0.15, 0.2) is 6.17 Å². The van der Waals surface area contributed by atoms with Crippen LogP contribution < -0.4 is 0 Å². The van der Waals surface area contributed by atoms with Gasteiger partial charge in [0.25, 0.3) is 0 Å². The van der Waals surface area contributed by atoms with Crippen molar-refractivity contribution in [1.82, 2.24) is 0 Å². The molecular formula is C6H9FO2. The molecule has 0 spiro atoms. The summed E-state index contributed by atoms with van der Waals surface area (Å²) in [5.74, 6) is -0.854. The molecule has 0 rings (SSSR count). The van der Waals surface area contributed by atoms with Crippen LogP contribution in [0.4, 0.5) is 4.39 Å². The smallest absolute Gasteiger partial charge is 0.345 e. The zero-order valence-corrected chi connectivity index (χ0v) is 5.43. The molecule has 0 aromatic rings. The molecule has 0 saturated carbocycles. The van der Waals surface area contributed by atoms with Crippen LogP contribution in [0.25, 0.3) is 0 Å². The fourth-order valence-electron chi connectivity index (χ4n) is 0.229. The first-order valence-electron chi connectivity index (χ1n) is 2.64. The standard InChI is InChI=1S/C6H9FO2/c1-3-4-9-6(8)5(2)7/h3-5H,1-2H3. The fourth-order valence-corrected chi connectivity index (χ4v) is 0.229. The number of allylic oxidation sites excluding steroid dienone is 1. The van der Waals surface area contributed by atoms with E-state index in [1.165, 1.54) is 6.08 Å². The zero-order valence-electron chi connectivity index (χ0n) is 5.43. The average molecular weight is 132 g/mol. The Morgan fingerprint density at radius 2 is 2.33 bits per heavy atom. The molecule has 2 nitrogen and oxygen atoms in total. The van der Waals surface area contributed by atoms with Gasteiger partial charge in [-0.3, -0.25) is 0 Å². The number of hydrogen-bond acceptors (Lipinski definition) is 2. The average Bonchev–Trinajstić information content (AvgIpc) is 1.82. The number of rotatable bonds is 2. The van der Waals surface area contributed by atoms with Gasteiger partial charge in [0.05, 0.1) is 6.26 Å². The van der Waals surface area contributed by atoms with E-state index in [2.05, 4.69) is 4.74 Å². The monoisotopic (exact) mass is 132 g/mol. The van der Waals surface area contributed by atoms with Gasteiger partial charge in [0.1, 0.15) is 0 Å². The Morgan fingerprint density at radius 3 is 2.67 bits per heavy atom. The zero-order chi connectivity index (χ0) is 7.28. The summed E-state index contributed by atoms with van der Waals surface area (Å²) < 4.78 is 16.2.